The van der Waals surface area contributed by atoms with Crippen LogP contribution in [0.5, 0.6) is 5.75 Å². The largest absolute Gasteiger partial charge is 0.482 e. The van der Waals surface area contributed by atoms with Crippen molar-refractivity contribution in [2.75, 3.05) is 19.8 Å². The van der Waals surface area contributed by atoms with Crippen molar-refractivity contribution < 1.29 is 24.5 Å². The third kappa shape index (κ3) is 5.19. The molecule has 2 atom stereocenters. The lowest BCUT2D eigenvalue weighted by atomic mass is 9.82. The molecule has 0 unspecified atom stereocenters. The summed E-state index contributed by atoms with van der Waals surface area (Å²) in [6, 6.07) is 7.77. The molecule has 1 saturated carbocycles. The number of nitrogens with one attached hydrogen (secondary N) is 1. The van der Waals surface area contributed by atoms with Gasteiger partial charge < -0.3 is 25.0 Å². The van der Waals surface area contributed by atoms with E-state index in [1.807, 2.05) is 24.3 Å². The first-order valence-electron chi connectivity index (χ1n) is 9.60. The number of aliphatic hydroxyl groups excluding tert-OH is 1. The van der Waals surface area contributed by atoms with Crippen molar-refractivity contribution in [3.8, 4) is 5.75 Å². The fraction of sp³-hybridized carbons (Fsp3) is 0.650. The molecule has 1 aromatic rings. The zero-order chi connectivity index (χ0) is 18.4. The molecule has 6 heteroatoms. The number of piperidine rings is 1. The van der Waals surface area contributed by atoms with Crippen LogP contribution in [0.4, 0.5) is 0 Å². The summed E-state index contributed by atoms with van der Waals surface area (Å²) in [6.45, 7) is 1.20. The molecule has 0 aromatic heterocycles. The number of carbonyl (C=O) groups is 1. The van der Waals surface area contributed by atoms with E-state index in [2.05, 4.69) is 5.32 Å². The van der Waals surface area contributed by atoms with Crippen LogP contribution in [0.25, 0.3) is 0 Å². The maximum Gasteiger partial charge on any atom is 0.341 e. The highest BCUT2D eigenvalue weighted by molar-refractivity contribution is 5.68. The van der Waals surface area contributed by atoms with E-state index in [4.69, 9.17) is 14.6 Å². The summed E-state index contributed by atoms with van der Waals surface area (Å²) >= 11 is 0. The summed E-state index contributed by atoms with van der Waals surface area (Å²) in [4.78, 5) is 10.8. The molecule has 0 amide bonds. The third-order valence-electron chi connectivity index (χ3n) is 5.44. The lowest BCUT2D eigenvalue weighted by Gasteiger charge is -2.33. The quantitative estimate of drug-likeness (QED) is 0.689. The second kappa shape index (κ2) is 9.35. The van der Waals surface area contributed by atoms with Crippen molar-refractivity contribution in [3.05, 3.63) is 29.8 Å². The van der Waals surface area contributed by atoms with Crippen LogP contribution >= 0.6 is 0 Å². The number of ether oxygens (including phenoxy) is 2. The molecule has 1 saturated heterocycles. The van der Waals surface area contributed by atoms with E-state index in [0.29, 0.717) is 18.3 Å². The van der Waals surface area contributed by atoms with Gasteiger partial charge in [0.05, 0.1) is 24.9 Å². The Morgan fingerprint density at radius 1 is 1.15 bits per heavy atom. The minimum atomic E-state index is -0.963. The second-order valence-corrected chi connectivity index (χ2v) is 7.30. The van der Waals surface area contributed by atoms with Crippen LogP contribution in [0.3, 0.4) is 0 Å². The predicted molar refractivity (Wildman–Crippen MR) is 97.6 cm³/mol. The van der Waals surface area contributed by atoms with Crippen molar-refractivity contribution in [2.24, 2.45) is 0 Å². The first-order valence-corrected chi connectivity index (χ1v) is 9.60. The number of benzene rings is 1. The molecule has 1 aliphatic heterocycles. The number of para-hydroxylation sites is 1. The van der Waals surface area contributed by atoms with Crippen molar-refractivity contribution >= 4 is 5.97 Å². The minimum absolute atomic E-state index is 0.0478. The number of carboxylic acids is 1. The van der Waals surface area contributed by atoms with Gasteiger partial charge in [-0.2, -0.15) is 0 Å². The molecule has 1 aliphatic carbocycles. The number of carboxylic acid groups (broad SMARTS) is 1. The fourth-order valence-corrected chi connectivity index (χ4v) is 3.97. The van der Waals surface area contributed by atoms with Crippen LogP contribution in [-0.2, 0) is 9.53 Å². The number of aliphatic hydroxyl groups is 1. The molecule has 6 nitrogen and oxygen atoms in total. The summed E-state index contributed by atoms with van der Waals surface area (Å²) in [5.41, 5.74) is 1.09. The van der Waals surface area contributed by atoms with Gasteiger partial charge in [0, 0.05) is 0 Å². The molecule has 2 fully saturated rings. The molecule has 1 aromatic carbocycles. The van der Waals surface area contributed by atoms with E-state index in [1.165, 1.54) is 0 Å². The average molecular weight is 363 g/mol. The molecule has 0 spiro atoms. The Hall–Kier alpha value is -1.63. The molecule has 2 aliphatic rings. The van der Waals surface area contributed by atoms with Crippen LogP contribution in [0.2, 0.25) is 0 Å². The van der Waals surface area contributed by atoms with E-state index in [9.17, 15) is 9.90 Å². The van der Waals surface area contributed by atoms with Crippen molar-refractivity contribution in [1.82, 2.24) is 5.32 Å². The molecule has 3 rings (SSSR count). The number of rotatable bonds is 7. The van der Waals surface area contributed by atoms with Crippen LogP contribution in [-0.4, -0.2) is 54.2 Å². The number of hydrogen-bond donors (Lipinski definition) is 3. The van der Waals surface area contributed by atoms with E-state index in [0.717, 1.165) is 50.6 Å². The second-order valence-electron chi connectivity index (χ2n) is 7.30. The van der Waals surface area contributed by atoms with Crippen LogP contribution in [0.1, 0.15) is 50.0 Å². The SMILES string of the molecule is O=C(O)COc1ccccc1C1CCC(OC[C@@H]2NCCC[C@@H]2O)CC1. The highest BCUT2D eigenvalue weighted by atomic mass is 16.5. The smallest absolute Gasteiger partial charge is 0.341 e. The molecule has 144 valence electrons. The van der Waals surface area contributed by atoms with E-state index in [1.54, 1.807) is 0 Å². The maximum atomic E-state index is 10.8. The lowest BCUT2D eigenvalue weighted by Crippen LogP contribution is -2.48. The van der Waals surface area contributed by atoms with Crippen molar-refractivity contribution in [3.63, 3.8) is 0 Å². The Morgan fingerprint density at radius 2 is 1.92 bits per heavy atom. The Balaban J connectivity index is 1.48. The zero-order valence-corrected chi connectivity index (χ0v) is 15.1. The van der Waals surface area contributed by atoms with Gasteiger partial charge in [-0.1, -0.05) is 18.2 Å². The zero-order valence-electron chi connectivity index (χ0n) is 15.1. The van der Waals surface area contributed by atoms with Gasteiger partial charge in [0.2, 0.25) is 0 Å². The van der Waals surface area contributed by atoms with Gasteiger partial charge in [-0.25, -0.2) is 4.79 Å². The molecular weight excluding hydrogens is 334 g/mol. The fourth-order valence-electron chi connectivity index (χ4n) is 3.97. The Kier molecular flexibility index (Phi) is 6.88. The summed E-state index contributed by atoms with van der Waals surface area (Å²) < 4.78 is 11.5. The van der Waals surface area contributed by atoms with Crippen LogP contribution in [0, 0.1) is 0 Å². The van der Waals surface area contributed by atoms with Gasteiger partial charge >= 0.3 is 5.97 Å². The lowest BCUT2D eigenvalue weighted by molar-refractivity contribution is -0.139. The van der Waals surface area contributed by atoms with Gasteiger partial charge in [-0.05, 0) is 62.6 Å². The Morgan fingerprint density at radius 3 is 2.65 bits per heavy atom. The molecule has 0 bridgehead atoms. The highest BCUT2D eigenvalue weighted by Crippen LogP contribution is 2.38. The van der Waals surface area contributed by atoms with Gasteiger partial charge in [-0.15, -0.1) is 0 Å². The first kappa shape index (κ1) is 19.1. The highest BCUT2D eigenvalue weighted by Gasteiger charge is 2.28. The normalized spacial score (nSPS) is 29.3. The number of aliphatic carboxylic acids is 1. The van der Waals surface area contributed by atoms with Gasteiger partial charge in [0.15, 0.2) is 6.61 Å². The Bertz CT molecular complexity index is 585. The topological polar surface area (TPSA) is 88.0 Å². The molecule has 0 radical (unpaired) electrons. The maximum absolute atomic E-state index is 10.8. The third-order valence-corrected chi connectivity index (χ3v) is 5.44. The molecular formula is C20H29NO5. The van der Waals surface area contributed by atoms with E-state index >= 15 is 0 Å². The standard InChI is InChI=1S/C20H29NO5/c22-18-5-3-11-21-17(18)12-25-15-9-7-14(8-10-15)16-4-1-2-6-19(16)26-13-20(23)24/h1-2,4,6,14-15,17-18,21-22H,3,5,7-13H2,(H,23,24)/t14?,15?,17-,18-/m0/s1. The summed E-state index contributed by atoms with van der Waals surface area (Å²) in [6.07, 6.45) is 5.74. The van der Waals surface area contributed by atoms with E-state index in [-0.39, 0.29) is 24.9 Å². The van der Waals surface area contributed by atoms with E-state index < -0.39 is 5.97 Å². The number of hydrogen-bond acceptors (Lipinski definition) is 5. The molecule has 26 heavy (non-hydrogen) atoms. The predicted octanol–water partition coefficient (Wildman–Crippen LogP) is 2.31. The van der Waals surface area contributed by atoms with Crippen molar-refractivity contribution in [2.45, 2.75) is 62.7 Å². The first-order chi connectivity index (χ1) is 12.6. The summed E-state index contributed by atoms with van der Waals surface area (Å²) in [5.74, 6) is 0.0856. The van der Waals surface area contributed by atoms with Gasteiger partial charge in [-0.3, -0.25) is 0 Å². The van der Waals surface area contributed by atoms with Gasteiger partial charge in [0.1, 0.15) is 5.75 Å². The van der Waals surface area contributed by atoms with Crippen LogP contribution in [0.15, 0.2) is 24.3 Å². The average Bonchev–Trinajstić information content (AvgIpc) is 2.66. The molecule has 3 N–H and O–H groups in total. The molecule has 1 heterocycles. The minimum Gasteiger partial charge on any atom is -0.482 e. The summed E-state index contributed by atoms with van der Waals surface area (Å²) in [7, 11) is 0. The Labute approximate surface area is 154 Å². The van der Waals surface area contributed by atoms with Crippen molar-refractivity contribution in [1.29, 1.82) is 0 Å². The van der Waals surface area contributed by atoms with Gasteiger partial charge in [0.25, 0.3) is 0 Å². The van der Waals surface area contributed by atoms with Crippen LogP contribution < -0.4 is 10.1 Å². The monoisotopic (exact) mass is 363 g/mol. The summed E-state index contributed by atoms with van der Waals surface area (Å²) in [5, 5.41) is 22.2.